The van der Waals surface area contributed by atoms with Crippen LogP contribution < -0.4 is 10.6 Å². The van der Waals surface area contributed by atoms with Crippen molar-refractivity contribution in [2.75, 3.05) is 36.1 Å². The lowest BCUT2D eigenvalue weighted by Crippen LogP contribution is -2.45. The second-order valence-corrected chi connectivity index (χ2v) is 9.71. The van der Waals surface area contributed by atoms with Gasteiger partial charge >= 0.3 is 0 Å². The first-order valence-electron chi connectivity index (χ1n) is 10.0. The Hall–Kier alpha value is -1.99. The van der Waals surface area contributed by atoms with E-state index in [-0.39, 0.29) is 10.8 Å². The van der Waals surface area contributed by atoms with E-state index in [1.807, 2.05) is 31.2 Å². The number of aromatic nitrogens is 2. The molecule has 0 radical (unpaired) electrons. The lowest BCUT2D eigenvalue weighted by atomic mass is 9.81. The molecule has 0 bridgehead atoms. The van der Waals surface area contributed by atoms with E-state index >= 15 is 0 Å². The summed E-state index contributed by atoms with van der Waals surface area (Å²) in [5, 5.41) is 0. The van der Waals surface area contributed by atoms with Crippen LogP contribution in [0.15, 0.2) is 30.3 Å². The van der Waals surface area contributed by atoms with Crippen molar-refractivity contribution in [1.82, 2.24) is 9.97 Å². The van der Waals surface area contributed by atoms with Crippen molar-refractivity contribution >= 4 is 22.3 Å². The molecule has 1 aliphatic heterocycles. The van der Waals surface area contributed by atoms with Gasteiger partial charge in [-0.3, -0.25) is 4.21 Å². The fourth-order valence-electron chi connectivity index (χ4n) is 4.02. The summed E-state index contributed by atoms with van der Waals surface area (Å²) in [4.78, 5) is 12.1. The molecule has 2 N–H and O–H groups in total. The van der Waals surface area contributed by atoms with Crippen molar-refractivity contribution < 1.29 is 8.95 Å². The van der Waals surface area contributed by atoms with E-state index in [2.05, 4.69) is 17.9 Å². The van der Waals surface area contributed by atoms with E-state index in [4.69, 9.17) is 20.4 Å². The van der Waals surface area contributed by atoms with Crippen LogP contribution in [-0.2, 0) is 20.3 Å². The van der Waals surface area contributed by atoms with Crippen molar-refractivity contribution in [3.8, 4) is 11.4 Å². The Morgan fingerprint density at radius 1 is 1.29 bits per heavy atom. The maximum Gasteiger partial charge on any atom is 0.161 e. The van der Waals surface area contributed by atoms with Gasteiger partial charge in [0.2, 0.25) is 0 Å². The Labute approximate surface area is 169 Å². The smallest absolute Gasteiger partial charge is 0.161 e. The van der Waals surface area contributed by atoms with Crippen LogP contribution in [0.4, 0.5) is 11.5 Å². The fraction of sp³-hybridized carbons (Fsp3) is 0.524. The van der Waals surface area contributed by atoms with Crippen LogP contribution in [0.1, 0.15) is 38.8 Å². The number of benzene rings is 1. The Morgan fingerprint density at radius 2 is 2.04 bits per heavy atom. The average Bonchev–Trinajstić information content (AvgIpc) is 2.67. The first-order chi connectivity index (χ1) is 13.5. The zero-order valence-electron chi connectivity index (χ0n) is 16.6. The van der Waals surface area contributed by atoms with E-state index in [0.717, 1.165) is 42.9 Å². The molecular formula is C21H28N4O2S. The summed E-state index contributed by atoms with van der Waals surface area (Å²) in [6.45, 7) is 6.30. The van der Waals surface area contributed by atoms with Crippen LogP contribution in [-0.4, -0.2) is 45.7 Å². The highest BCUT2D eigenvalue weighted by atomic mass is 32.2. The summed E-state index contributed by atoms with van der Waals surface area (Å²) in [6.07, 6.45) is 2.93. The van der Waals surface area contributed by atoms with Crippen LogP contribution in [0.25, 0.3) is 11.4 Å². The predicted molar refractivity (Wildman–Crippen MR) is 114 cm³/mol. The molecule has 2 unspecified atom stereocenters. The maximum absolute atomic E-state index is 13.0. The Morgan fingerprint density at radius 3 is 2.64 bits per heavy atom. The third kappa shape index (κ3) is 3.42. The fourth-order valence-corrected chi connectivity index (χ4v) is 5.65. The summed E-state index contributed by atoms with van der Waals surface area (Å²) < 4.78 is 18.2. The molecule has 1 saturated carbocycles. The van der Waals surface area contributed by atoms with Crippen molar-refractivity contribution in [2.45, 2.75) is 43.9 Å². The number of ether oxygens (including phenoxy) is 1. The molecule has 1 aromatic heterocycles. The molecule has 1 saturated heterocycles. The summed E-state index contributed by atoms with van der Waals surface area (Å²) in [6, 6.07) is 9.94. The highest BCUT2D eigenvalue weighted by Gasteiger charge is 2.45. The van der Waals surface area contributed by atoms with Gasteiger partial charge in [0.05, 0.1) is 29.7 Å². The molecule has 1 aromatic carbocycles. The highest BCUT2D eigenvalue weighted by molar-refractivity contribution is 7.86. The van der Waals surface area contributed by atoms with E-state index in [1.165, 1.54) is 0 Å². The minimum Gasteiger partial charge on any atom is -0.399 e. The lowest BCUT2D eigenvalue weighted by molar-refractivity contribution is 0.0985. The zero-order valence-corrected chi connectivity index (χ0v) is 17.4. The largest absolute Gasteiger partial charge is 0.399 e. The lowest BCUT2D eigenvalue weighted by Gasteiger charge is -2.41. The van der Waals surface area contributed by atoms with Crippen molar-refractivity contribution in [3.05, 3.63) is 36.0 Å². The standard InChI is InChI=1S/C21H28N4O2S/c1-3-28(26)21(9-4-10-21)18-13-19(25-11-12-27-14-15(25)2)24-20(23-18)16-5-7-17(22)8-6-16/h5-8,13,15H,3-4,9-12,14,22H2,1-2H3. The second-order valence-electron chi connectivity index (χ2n) is 7.66. The SMILES string of the molecule is CCS(=O)C1(c2cc(N3CCOCC3C)nc(-c3ccc(N)cc3)n2)CCC1. The number of nitrogens with two attached hydrogens (primary N) is 1. The average molecular weight is 401 g/mol. The number of anilines is 2. The van der Waals surface area contributed by atoms with Gasteiger partial charge in [0.25, 0.3) is 0 Å². The van der Waals surface area contributed by atoms with E-state index in [1.54, 1.807) is 0 Å². The van der Waals surface area contributed by atoms with Crippen LogP contribution in [0.3, 0.4) is 0 Å². The predicted octanol–water partition coefficient (Wildman–Crippen LogP) is 3.10. The minimum atomic E-state index is -0.938. The van der Waals surface area contributed by atoms with E-state index in [0.29, 0.717) is 30.5 Å². The number of rotatable bonds is 5. The van der Waals surface area contributed by atoms with Crippen molar-refractivity contribution in [3.63, 3.8) is 0 Å². The number of hydrogen-bond donors (Lipinski definition) is 1. The molecule has 150 valence electrons. The van der Waals surface area contributed by atoms with Crippen LogP contribution >= 0.6 is 0 Å². The van der Waals surface area contributed by atoms with E-state index in [9.17, 15) is 4.21 Å². The molecule has 7 heteroatoms. The molecule has 0 spiro atoms. The first kappa shape index (κ1) is 19.3. The van der Waals surface area contributed by atoms with Gasteiger partial charge < -0.3 is 15.4 Å². The number of hydrogen-bond acceptors (Lipinski definition) is 6. The molecule has 4 rings (SSSR count). The summed E-state index contributed by atoms with van der Waals surface area (Å²) >= 11 is 0. The summed E-state index contributed by atoms with van der Waals surface area (Å²) in [5.74, 6) is 2.21. The normalized spacial score (nSPS) is 22.5. The Kier molecular flexibility index (Phi) is 5.38. The second kappa shape index (κ2) is 7.79. The van der Waals surface area contributed by atoms with Crippen LogP contribution in [0.2, 0.25) is 0 Å². The van der Waals surface area contributed by atoms with Crippen LogP contribution in [0, 0.1) is 0 Å². The molecule has 2 atom stereocenters. The van der Waals surface area contributed by atoms with Gasteiger partial charge in [-0.1, -0.05) is 6.92 Å². The highest BCUT2D eigenvalue weighted by Crippen LogP contribution is 2.47. The van der Waals surface area contributed by atoms with Gasteiger partial charge in [0.15, 0.2) is 5.82 Å². The first-order valence-corrected chi connectivity index (χ1v) is 11.3. The van der Waals surface area contributed by atoms with E-state index < -0.39 is 10.8 Å². The van der Waals surface area contributed by atoms with Crippen LogP contribution in [0.5, 0.6) is 0 Å². The molecule has 2 heterocycles. The third-order valence-electron chi connectivity index (χ3n) is 5.87. The number of nitrogens with zero attached hydrogens (tertiary/aromatic N) is 3. The van der Waals surface area contributed by atoms with Gasteiger partial charge in [-0.2, -0.15) is 0 Å². The molecular weight excluding hydrogens is 372 g/mol. The Bertz CT molecular complexity index is 867. The Balaban J connectivity index is 1.83. The molecule has 2 aliphatic rings. The third-order valence-corrected chi connectivity index (χ3v) is 7.88. The van der Waals surface area contributed by atoms with Crippen molar-refractivity contribution in [2.24, 2.45) is 0 Å². The quantitative estimate of drug-likeness (QED) is 0.777. The van der Waals surface area contributed by atoms with Gasteiger partial charge in [0, 0.05) is 40.4 Å². The molecule has 0 amide bonds. The maximum atomic E-state index is 13.0. The van der Waals surface area contributed by atoms with Gasteiger partial charge in [-0.15, -0.1) is 0 Å². The van der Waals surface area contributed by atoms with Gasteiger partial charge in [-0.05, 0) is 50.5 Å². The molecule has 28 heavy (non-hydrogen) atoms. The molecule has 2 aromatic rings. The minimum absolute atomic E-state index is 0.241. The number of morpholine rings is 1. The van der Waals surface area contributed by atoms with Gasteiger partial charge in [-0.25, -0.2) is 9.97 Å². The molecule has 1 aliphatic carbocycles. The summed E-state index contributed by atoms with van der Waals surface area (Å²) in [7, 11) is -0.938. The summed E-state index contributed by atoms with van der Waals surface area (Å²) in [5.41, 5.74) is 8.40. The number of nitrogen functional groups attached to an aromatic ring is 1. The van der Waals surface area contributed by atoms with Gasteiger partial charge in [0.1, 0.15) is 5.82 Å². The topological polar surface area (TPSA) is 81.3 Å². The van der Waals surface area contributed by atoms with Crippen molar-refractivity contribution in [1.29, 1.82) is 0 Å². The zero-order chi connectivity index (χ0) is 19.7. The molecule has 2 fully saturated rings. The monoisotopic (exact) mass is 400 g/mol. The molecule has 6 nitrogen and oxygen atoms in total.